The molecule has 0 aliphatic rings. The quantitative estimate of drug-likeness (QED) is 0.512. The van der Waals surface area contributed by atoms with E-state index in [4.69, 9.17) is 11.6 Å². The first-order chi connectivity index (χ1) is 13.9. The fourth-order valence-electron chi connectivity index (χ4n) is 3.00. The van der Waals surface area contributed by atoms with E-state index in [0.717, 1.165) is 4.57 Å². The number of amides is 1. The third-order valence-corrected chi connectivity index (χ3v) is 4.66. The molecule has 0 saturated heterocycles. The third kappa shape index (κ3) is 3.21. The van der Waals surface area contributed by atoms with Gasteiger partial charge in [-0.25, -0.2) is 19.4 Å². The molecule has 148 valence electrons. The summed E-state index contributed by atoms with van der Waals surface area (Å²) in [4.78, 5) is 45.2. The molecule has 11 nitrogen and oxygen atoms in total. The third-order valence-electron chi connectivity index (χ3n) is 4.43. The Hall–Kier alpha value is -3.73. The molecule has 0 saturated carbocycles. The molecule has 1 amide bonds. The number of fused-ring (bicyclic) bond motifs is 1. The number of hydrogen-bond acceptors (Lipinski definition) is 6. The number of rotatable bonds is 4. The Kier molecular flexibility index (Phi) is 4.51. The molecule has 3 aromatic heterocycles. The number of aryl methyl sites for hydroxylation is 1. The molecular formula is C17H15ClN8O3. The lowest BCUT2D eigenvalue weighted by Crippen LogP contribution is -2.37. The van der Waals surface area contributed by atoms with Crippen LogP contribution in [-0.4, -0.2) is 39.4 Å². The Bertz CT molecular complexity index is 1350. The van der Waals surface area contributed by atoms with Crippen LogP contribution in [0.2, 0.25) is 5.02 Å². The second kappa shape index (κ2) is 7.02. The minimum atomic E-state index is -0.528. The van der Waals surface area contributed by atoms with Crippen molar-refractivity contribution in [2.75, 3.05) is 5.32 Å². The van der Waals surface area contributed by atoms with Crippen molar-refractivity contribution in [3.05, 3.63) is 63.0 Å². The highest BCUT2D eigenvalue weighted by Crippen LogP contribution is 2.24. The van der Waals surface area contributed by atoms with E-state index in [1.54, 1.807) is 18.2 Å². The lowest BCUT2D eigenvalue weighted by molar-refractivity contribution is -0.116. The number of aromatic nitrogens is 7. The van der Waals surface area contributed by atoms with Crippen LogP contribution in [0.3, 0.4) is 0 Å². The van der Waals surface area contributed by atoms with Crippen LogP contribution in [0.4, 0.5) is 5.69 Å². The highest BCUT2D eigenvalue weighted by atomic mass is 35.5. The van der Waals surface area contributed by atoms with Gasteiger partial charge in [0.05, 0.1) is 17.7 Å². The number of imidazole rings is 1. The Balaban J connectivity index is 1.68. The van der Waals surface area contributed by atoms with Crippen LogP contribution in [0.15, 0.2) is 46.8 Å². The monoisotopic (exact) mass is 414 g/mol. The van der Waals surface area contributed by atoms with Crippen LogP contribution in [0.25, 0.3) is 16.9 Å². The molecule has 0 fully saturated rings. The highest BCUT2D eigenvalue weighted by Gasteiger charge is 2.17. The minimum Gasteiger partial charge on any atom is -0.323 e. The van der Waals surface area contributed by atoms with Gasteiger partial charge in [-0.05, 0) is 18.2 Å². The Morgan fingerprint density at radius 2 is 1.97 bits per heavy atom. The normalized spacial score (nSPS) is 11.1. The summed E-state index contributed by atoms with van der Waals surface area (Å²) in [6.07, 6.45) is 4.21. The van der Waals surface area contributed by atoms with Crippen LogP contribution >= 0.6 is 11.6 Å². The minimum absolute atomic E-state index is 0.160. The molecule has 12 heteroatoms. The number of carbonyl (C=O) groups is 1. The second-order valence-corrected chi connectivity index (χ2v) is 6.74. The van der Waals surface area contributed by atoms with Gasteiger partial charge in [0.15, 0.2) is 11.2 Å². The summed E-state index contributed by atoms with van der Waals surface area (Å²) in [6.45, 7) is -0.187. The average molecular weight is 415 g/mol. The van der Waals surface area contributed by atoms with Crippen LogP contribution in [0, 0.1) is 0 Å². The molecular weight excluding hydrogens is 400 g/mol. The van der Waals surface area contributed by atoms with Gasteiger partial charge in [-0.15, -0.1) is 0 Å². The topological polar surface area (TPSA) is 122 Å². The summed E-state index contributed by atoms with van der Waals surface area (Å²) in [5, 5.41) is 7.26. The van der Waals surface area contributed by atoms with Gasteiger partial charge in [0.2, 0.25) is 5.91 Å². The fraction of sp³-hybridized carbons (Fsp3) is 0.176. The number of hydrogen-bond donors (Lipinski definition) is 1. The Morgan fingerprint density at radius 1 is 1.17 bits per heavy atom. The van der Waals surface area contributed by atoms with Crippen molar-refractivity contribution in [2.45, 2.75) is 6.54 Å². The van der Waals surface area contributed by atoms with E-state index in [1.165, 1.54) is 46.9 Å². The van der Waals surface area contributed by atoms with Crippen molar-refractivity contribution >= 4 is 34.4 Å². The van der Waals surface area contributed by atoms with E-state index in [1.807, 2.05) is 0 Å². The van der Waals surface area contributed by atoms with E-state index >= 15 is 0 Å². The number of nitrogens with one attached hydrogen (secondary N) is 1. The maximum atomic E-state index is 12.7. The molecule has 0 aliphatic heterocycles. The van der Waals surface area contributed by atoms with Gasteiger partial charge in [-0.1, -0.05) is 11.6 Å². The van der Waals surface area contributed by atoms with Gasteiger partial charge in [0.1, 0.15) is 19.2 Å². The zero-order valence-electron chi connectivity index (χ0n) is 15.4. The van der Waals surface area contributed by atoms with Crippen molar-refractivity contribution in [3.63, 3.8) is 0 Å². The zero-order chi connectivity index (χ0) is 20.7. The van der Waals surface area contributed by atoms with Crippen LogP contribution in [0.5, 0.6) is 0 Å². The highest BCUT2D eigenvalue weighted by molar-refractivity contribution is 6.31. The van der Waals surface area contributed by atoms with Crippen LogP contribution < -0.4 is 16.6 Å². The molecule has 0 spiro atoms. The van der Waals surface area contributed by atoms with Crippen molar-refractivity contribution in [2.24, 2.45) is 14.1 Å². The molecule has 0 atom stereocenters. The molecule has 4 aromatic rings. The summed E-state index contributed by atoms with van der Waals surface area (Å²) in [5.74, 6) is -0.413. The summed E-state index contributed by atoms with van der Waals surface area (Å²) in [6, 6.07) is 4.96. The molecule has 0 bridgehead atoms. The van der Waals surface area contributed by atoms with Crippen LogP contribution in [0.1, 0.15) is 0 Å². The number of benzene rings is 1. The molecule has 3 heterocycles. The smallest absolute Gasteiger partial charge is 0.323 e. The number of anilines is 1. The summed E-state index contributed by atoms with van der Waals surface area (Å²) in [5.41, 5.74) is 0.351. The molecule has 1 N–H and O–H groups in total. The molecule has 0 unspecified atom stereocenters. The number of carbonyl (C=O) groups excluding carboxylic acids is 1. The number of nitrogens with zero attached hydrogens (tertiary/aromatic N) is 7. The van der Waals surface area contributed by atoms with Gasteiger partial charge >= 0.3 is 5.69 Å². The lowest BCUT2D eigenvalue weighted by atomic mass is 10.2. The average Bonchev–Trinajstić information content (AvgIpc) is 3.35. The molecule has 29 heavy (non-hydrogen) atoms. The first-order valence-electron chi connectivity index (χ1n) is 8.42. The van der Waals surface area contributed by atoms with Crippen molar-refractivity contribution < 1.29 is 4.79 Å². The maximum absolute atomic E-state index is 12.7. The second-order valence-electron chi connectivity index (χ2n) is 6.30. The first kappa shape index (κ1) is 18.6. The fourth-order valence-corrected chi connectivity index (χ4v) is 3.17. The number of halogens is 1. The van der Waals surface area contributed by atoms with E-state index in [2.05, 4.69) is 20.4 Å². The SMILES string of the molecule is Cn1c(=O)c2c(ncn2CC(=O)Nc2cc(Cl)ccc2-n2cncn2)n(C)c1=O. The van der Waals surface area contributed by atoms with Gasteiger partial charge < -0.3 is 9.88 Å². The predicted molar refractivity (Wildman–Crippen MR) is 105 cm³/mol. The first-order valence-corrected chi connectivity index (χ1v) is 8.80. The Labute approximate surface area is 167 Å². The van der Waals surface area contributed by atoms with Crippen molar-refractivity contribution in [1.82, 2.24) is 33.4 Å². The van der Waals surface area contributed by atoms with E-state index in [0.29, 0.717) is 16.4 Å². The van der Waals surface area contributed by atoms with Gasteiger partial charge in [-0.2, -0.15) is 5.10 Å². The molecule has 1 aromatic carbocycles. The standard InChI is InChI=1S/C17H15ClN8O3/c1-23-15-14(16(28)24(2)17(23)29)25(9-20-15)6-13(27)22-11-5-10(18)3-4-12(11)26-8-19-7-21-26/h3-5,7-9H,6H2,1-2H3,(H,22,27). The van der Waals surface area contributed by atoms with Gasteiger partial charge in [0, 0.05) is 19.1 Å². The van der Waals surface area contributed by atoms with E-state index in [-0.39, 0.29) is 17.7 Å². The zero-order valence-corrected chi connectivity index (χ0v) is 16.2. The van der Waals surface area contributed by atoms with Crippen LogP contribution in [-0.2, 0) is 25.4 Å². The van der Waals surface area contributed by atoms with Gasteiger partial charge in [-0.3, -0.25) is 18.7 Å². The van der Waals surface area contributed by atoms with Crippen molar-refractivity contribution in [1.29, 1.82) is 0 Å². The summed E-state index contributed by atoms with van der Waals surface area (Å²) >= 11 is 6.06. The van der Waals surface area contributed by atoms with E-state index < -0.39 is 17.2 Å². The van der Waals surface area contributed by atoms with E-state index in [9.17, 15) is 14.4 Å². The molecule has 0 radical (unpaired) electrons. The summed E-state index contributed by atoms with van der Waals surface area (Å²) < 4.78 is 5.11. The summed E-state index contributed by atoms with van der Waals surface area (Å²) in [7, 11) is 2.88. The molecule has 0 aliphatic carbocycles. The lowest BCUT2D eigenvalue weighted by Gasteiger charge is -2.12. The van der Waals surface area contributed by atoms with Crippen molar-refractivity contribution in [3.8, 4) is 5.69 Å². The molecule has 4 rings (SSSR count). The van der Waals surface area contributed by atoms with Gasteiger partial charge in [0.25, 0.3) is 5.56 Å². The maximum Gasteiger partial charge on any atom is 0.332 e. The largest absolute Gasteiger partial charge is 0.332 e. The predicted octanol–water partition coefficient (Wildman–Crippen LogP) is 0.306. The Morgan fingerprint density at radius 3 is 2.69 bits per heavy atom.